The van der Waals surface area contributed by atoms with Crippen LogP contribution in [-0.2, 0) is 12.7 Å². The van der Waals surface area contributed by atoms with Gasteiger partial charge in [-0.1, -0.05) is 12.1 Å². The third kappa shape index (κ3) is 5.43. The first-order valence-corrected chi connectivity index (χ1v) is 10.4. The summed E-state index contributed by atoms with van der Waals surface area (Å²) in [7, 11) is 0. The lowest BCUT2D eigenvalue weighted by Crippen LogP contribution is -2.26. The van der Waals surface area contributed by atoms with Crippen LogP contribution in [-0.4, -0.2) is 20.4 Å². The van der Waals surface area contributed by atoms with Crippen molar-refractivity contribution >= 4 is 5.91 Å². The van der Waals surface area contributed by atoms with Crippen molar-refractivity contribution in [3.63, 3.8) is 0 Å². The quantitative estimate of drug-likeness (QED) is 0.419. The molecule has 0 aliphatic rings. The van der Waals surface area contributed by atoms with Crippen molar-refractivity contribution in [1.82, 2.24) is 19.9 Å². The van der Waals surface area contributed by atoms with Crippen LogP contribution in [0.3, 0.4) is 0 Å². The van der Waals surface area contributed by atoms with Crippen molar-refractivity contribution in [3.05, 3.63) is 112 Å². The molecule has 0 atom stereocenters. The van der Waals surface area contributed by atoms with Crippen LogP contribution in [0.4, 0.5) is 17.6 Å². The highest BCUT2D eigenvalue weighted by Crippen LogP contribution is 2.30. The number of halogens is 4. The van der Waals surface area contributed by atoms with Gasteiger partial charge in [0.25, 0.3) is 11.5 Å². The Bertz CT molecular complexity index is 1460. The maximum Gasteiger partial charge on any atom is 0.433 e. The van der Waals surface area contributed by atoms with E-state index in [1.165, 1.54) is 47.3 Å². The Hall–Kier alpha value is -4.34. The average molecular weight is 482 g/mol. The number of aromatic nitrogens is 3. The molecule has 0 aliphatic carbocycles. The Balaban J connectivity index is 1.46. The minimum atomic E-state index is -4.56. The van der Waals surface area contributed by atoms with E-state index in [4.69, 9.17) is 0 Å². The summed E-state index contributed by atoms with van der Waals surface area (Å²) in [5.41, 5.74) is 0.841. The second-order valence-corrected chi connectivity index (χ2v) is 7.72. The summed E-state index contributed by atoms with van der Waals surface area (Å²) >= 11 is 0. The molecular weight excluding hydrogens is 464 g/mol. The first kappa shape index (κ1) is 23.8. The molecule has 0 aliphatic heterocycles. The van der Waals surface area contributed by atoms with Crippen LogP contribution in [0.5, 0.6) is 0 Å². The van der Waals surface area contributed by atoms with Crippen LogP contribution in [0.15, 0.2) is 78.0 Å². The van der Waals surface area contributed by atoms with E-state index < -0.39 is 29.2 Å². The molecule has 0 saturated heterocycles. The van der Waals surface area contributed by atoms with Gasteiger partial charge in [0.05, 0.1) is 11.4 Å². The molecule has 0 radical (unpaired) electrons. The highest BCUT2D eigenvalue weighted by Gasteiger charge is 2.32. The number of hydrogen-bond donors (Lipinski definition) is 1. The number of nitrogens with zero attached hydrogens (tertiary/aromatic N) is 3. The molecule has 3 heterocycles. The largest absolute Gasteiger partial charge is 0.433 e. The normalized spacial score (nSPS) is 11.3. The van der Waals surface area contributed by atoms with Crippen molar-refractivity contribution in [2.24, 2.45) is 0 Å². The predicted molar refractivity (Wildman–Crippen MR) is 120 cm³/mol. The zero-order valence-corrected chi connectivity index (χ0v) is 18.3. The van der Waals surface area contributed by atoms with E-state index in [-0.39, 0.29) is 17.7 Å². The standard InChI is InChI=1S/C25H18F4N4O2/c1-15-9-16(13-31-23(15)17-5-7-30-21(10-17)25(27,28)29)14-32-24(35)18-6-8-33(22(34)11-18)20-4-2-3-19(26)12-20/h2-13H,14H2,1H3,(H,32,35). The minimum absolute atomic E-state index is 0.0874. The SMILES string of the molecule is Cc1cc(CNC(=O)c2ccn(-c3cccc(F)c3)c(=O)c2)cnc1-c1ccnc(C(F)(F)F)c1. The molecule has 35 heavy (non-hydrogen) atoms. The maximum atomic E-state index is 13.4. The van der Waals surface area contributed by atoms with Crippen LogP contribution in [0.25, 0.3) is 16.9 Å². The lowest BCUT2D eigenvalue weighted by atomic mass is 10.1. The van der Waals surface area contributed by atoms with Gasteiger partial charge in [-0.3, -0.25) is 24.1 Å². The fourth-order valence-electron chi connectivity index (χ4n) is 3.51. The molecule has 1 aromatic carbocycles. The Morgan fingerprint density at radius 2 is 1.86 bits per heavy atom. The molecule has 0 saturated carbocycles. The summed E-state index contributed by atoms with van der Waals surface area (Å²) in [4.78, 5) is 32.5. The van der Waals surface area contributed by atoms with E-state index in [0.29, 0.717) is 22.5 Å². The van der Waals surface area contributed by atoms with E-state index in [1.807, 2.05) is 0 Å². The number of hydrogen-bond acceptors (Lipinski definition) is 4. The average Bonchev–Trinajstić information content (AvgIpc) is 2.82. The molecule has 1 amide bonds. The second-order valence-electron chi connectivity index (χ2n) is 7.72. The molecule has 3 aromatic heterocycles. The topological polar surface area (TPSA) is 76.9 Å². The minimum Gasteiger partial charge on any atom is -0.348 e. The van der Waals surface area contributed by atoms with Crippen molar-refractivity contribution in [3.8, 4) is 16.9 Å². The number of pyridine rings is 3. The molecule has 178 valence electrons. The summed E-state index contributed by atoms with van der Waals surface area (Å²) in [6, 6.07) is 12.2. The van der Waals surface area contributed by atoms with Crippen molar-refractivity contribution in [2.75, 3.05) is 0 Å². The third-order valence-corrected chi connectivity index (χ3v) is 5.18. The van der Waals surface area contributed by atoms with Crippen LogP contribution in [0, 0.1) is 12.7 Å². The number of nitrogens with one attached hydrogen (secondary N) is 1. The van der Waals surface area contributed by atoms with Crippen molar-refractivity contribution in [1.29, 1.82) is 0 Å². The van der Waals surface area contributed by atoms with E-state index >= 15 is 0 Å². The molecule has 6 nitrogen and oxygen atoms in total. The van der Waals surface area contributed by atoms with Gasteiger partial charge in [-0.05, 0) is 54.4 Å². The van der Waals surface area contributed by atoms with Gasteiger partial charge in [0, 0.05) is 42.3 Å². The number of aryl methyl sites for hydroxylation is 1. The first-order chi connectivity index (χ1) is 16.6. The van der Waals surface area contributed by atoms with Gasteiger partial charge in [0.2, 0.25) is 0 Å². The molecule has 0 spiro atoms. The van der Waals surface area contributed by atoms with Crippen molar-refractivity contribution < 1.29 is 22.4 Å². The zero-order valence-electron chi connectivity index (χ0n) is 18.3. The van der Waals surface area contributed by atoms with E-state index in [2.05, 4.69) is 15.3 Å². The molecule has 4 aromatic rings. The zero-order chi connectivity index (χ0) is 25.2. The molecular formula is C25H18F4N4O2. The predicted octanol–water partition coefficient (Wildman–Crippen LogP) is 4.69. The highest BCUT2D eigenvalue weighted by molar-refractivity contribution is 5.94. The molecule has 4 rings (SSSR count). The summed E-state index contributed by atoms with van der Waals surface area (Å²) in [6.07, 6.45) is -0.643. The fraction of sp³-hybridized carbons (Fsp3) is 0.120. The summed E-state index contributed by atoms with van der Waals surface area (Å²) in [5.74, 6) is -0.991. The number of carbonyl (C=O) groups excluding carboxylic acids is 1. The van der Waals surface area contributed by atoms with E-state index in [0.717, 1.165) is 18.3 Å². The monoisotopic (exact) mass is 482 g/mol. The van der Waals surface area contributed by atoms with Gasteiger partial charge in [-0.15, -0.1) is 0 Å². The van der Waals surface area contributed by atoms with Gasteiger partial charge in [-0.25, -0.2) is 4.39 Å². The number of alkyl halides is 3. The van der Waals surface area contributed by atoms with Crippen molar-refractivity contribution in [2.45, 2.75) is 19.6 Å². The molecule has 10 heteroatoms. The van der Waals surface area contributed by atoms with Gasteiger partial charge >= 0.3 is 6.18 Å². The van der Waals surface area contributed by atoms with Crippen LogP contribution < -0.4 is 10.9 Å². The smallest absolute Gasteiger partial charge is 0.348 e. The number of carbonyl (C=O) groups is 1. The summed E-state index contributed by atoms with van der Waals surface area (Å²) in [5, 5.41) is 2.68. The van der Waals surface area contributed by atoms with Crippen LogP contribution in [0.1, 0.15) is 27.2 Å². The fourth-order valence-corrected chi connectivity index (χ4v) is 3.51. The number of amides is 1. The number of rotatable bonds is 5. The Morgan fingerprint density at radius 3 is 2.54 bits per heavy atom. The maximum absolute atomic E-state index is 13.4. The molecule has 0 fully saturated rings. The lowest BCUT2D eigenvalue weighted by Gasteiger charge is -2.11. The van der Waals surface area contributed by atoms with Crippen LogP contribution >= 0.6 is 0 Å². The second kappa shape index (κ2) is 9.49. The van der Waals surface area contributed by atoms with Crippen LogP contribution in [0.2, 0.25) is 0 Å². The van der Waals surface area contributed by atoms with Gasteiger partial charge in [0.1, 0.15) is 11.5 Å². The highest BCUT2D eigenvalue weighted by atomic mass is 19.4. The number of benzene rings is 1. The summed E-state index contributed by atoms with van der Waals surface area (Å²) < 4.78 is 53.5. The third-order valence-electron chi connectivity index (χ3n) is 5.18. The first-order valence-electron chi connectivity index (χ1n) is 10.4. The van der Waals surface area contributed by atoms with E-state index in [9.17, 15) is 27.2 Å². The summed E-state index contributed by atoms with van der Waals surface area (Å²) in [6.45, 7) is 1.79. The van der Waals surface area contributed by atoms with E-state index in [1.54, 1.807) is 19.1 Å². The lowest BCUT2D eigenvalue weighted by molar-refractivity contribution is -0.141. The van der Waals surface area contributed by atoms with Gasteiger partial charge in [0.15, 0.2) is 0 Å². The Morgan fingerprint density at radius 1 is 1.06 bits per heavy atom. The molecule has 1 N–H and O–H groups in total. The Kier molecular flexibility index (Phi) is 6.46. The Labute approximate surface area is 196 Å². The van der Waals surface area contributed by atoms with Gasteiger partial charge in [-0.2, -0.15) is 13.2 Å². The molecule has 0 bridgehead atoms. The van der Waals surface area contributed by atoms with Gasteiger partial charge < -0.3 is 5.32 Å². The molecule has 0 unspecified atom stereocenters.